The normalized spacial score (nSPS) is 11.1. The number of rotatable bonds is 4. The molecule has 1 aromatic rings. The third-order valence-electron chi connectivity index (χ3n) is 1.39. The monoisotopic (exact) mass is 211 g/mol. The van der Waals surface area contributed by atoms with Crippen molar-refractivity contribution in [3.8, 4) is 0 Å². The highest BCUT2D eigenvalue weighted by atomic mass is 32.1. The molecule has 0 saturated heterocycles. The van der Waals surface area contributed by atoms with Crippen molar-refractivity contribution < 1.29 is 9.53 Å². The van der Waals surface area contributed by atoms with E-state index in [0.717, 1.165) is 4.88 Å². The van der Waals surface area contributed by atoms with E-state index in [1.54, 1.807) is 22.3 Å². The van der Waals surface area contributed by atoms with Crippen LogP contribution in [0.1, 0.15) is 4.88 Å². The molecule has 0 atom stereocenters. The summed E-state index contributed by atoms with van der Waals surface area (Å²) < 4.78 is 4.91. The average Bonchev–Trinajstić information content (AvgIpc) is 2.63. The van der Waals surface area contributed by atoms with Gasteiger partial charge in [0.2, 0.25) is 0 Å². The van der Waals surface area contributed by atoms with E-state index < -0.39 is 0 Å². The second-order valence-corrected chi connectivity index (χ2v) is 4.00. The molecule has 0 amide bonds. The van der Waals surface area contributed by atoms with Gasteiger partial charge in [-0.2, -0.15) is 0 Å². The molecule has 0 unspecified atom stereocenters. The number of thiophene rings is 1. The van der Waals surface area contributed by atoms with E-state index >= 15 is 0 Å². The van der Waals surface area contributed by atoms with Gasteiger partial charge in [-0.15, -0.1) is 11.3 Å². The summed E-state index contributed by atoms with van der Waals surface area (Å²) in [7, 11) is 3.69. The first-order valence-corrected chi connectivity index (χ1v) is 5.09. The Morgan fingerprint density at radius 3 is 3.00 bits per heavy atom. The summed E-state index contributed by atoms with van der Waals surface area (Å²) in [6, 6.07) is 3.88. The molecule has 0 fully saturated rings. The van der Waals surface area contributed by atoms with Crippen molar-refractivity contribution in [2.24, 2.45) is 0 Å². The summed E-state index contributed by atoms with van der Waals surface area (Å²) >= 11 is 1.58. The topological polar surface area (TPSA) is 29.5 Å². The molecule has 0 spiro atoms. The molecule has 14 heavy (non-hydrogen) atoms. The standard InChI is InChI=1S/C10H13NO2S/c1-11(2)8-13-10(12)6-5-9-4-3-7-14-9/h3-7H,8H2,1-2H3/b6-5+. The Kier molecular flexibility index (Phi) is 4.35. The smallest absolute Gasteiger partial charge is 0.332 e. The maximum Gasteiger partial charge on any atom is 0.332 e. The van der Waals surface area contributed by atoms with Gasteiger partial charge in [-0.3, -0.25) is 4.90 Å². The summed E-state index contributed by atoms with van der Waals surface area (Å²) in [6.45, 7) is 0.313. The Morgan fingerprint density at radius 2 is 2.43 bits per heavy atom. The van der Waals surface area contributed by atoms with Gasteiger partial charge in [0.05, 0.1) is 0 Å². The number of carbonyl (C=O) groups is 1. The summed E-state index contributed by atoms with van der Waals surface area (Å²) in [6.07, 6.45) is 3.19. The van der Waals surface area contributed by atoms with Crippen LogP contribution in [0, 0.1) is 0 Å². The minimum Gasteiger partial charge on any atom is -0.446 e. The lowest BCUT2D eigenvalue weighted by Gasteiger charge is -2.07. The highest BCUT2D eigenvalue weighted by molar-refractivity contribution is 7.10. The lowest BCUT2D eigenvalue weighted by atomic mass is 10.4. The third-order valence-corrected chi connectivity index (χ3v) is 2.23. The van der Waals surface area contributed by atoms with Crippen molar-refractivity contribution in [3.05, 3.63) is 28.5 Å². The van der Waals surface area contributed by atoms with Crippen LogP contribution in [0.15, 0.2) is 23.6 Å². The van der Waals surface area contributed by atoms with Crippen LogP contribution in [0.25, 0.3) is 6.08 Å². The van der Waals surface area contributed by atoms with E-state index in [2.05, 4.69) is 0 Å². The largest absolute Gasteiger partial charge is 0.446 e. The SMILES string of the molecule is CN(C)COC(=O)/C=C/c1cccs1. The molecule has 0 aliphatic carbocycles. The maximum absolute atomic E-state index is 11.1. The van der Waals surface area contributed by atoms with Crippen molar-refractivity contribution in [1.29, 1.82) is 0 Å². The molecule has 0 radical (unpaired) electrons. The Labute approximate surface area is 87.6 Å². The van der Waals surface area contributed by atoms with Crippen molar-refractivity contribution in [2.75, 3.05) is 20.8 Å². The fourth-order valence-corrected chi connectivity index (χ4v) is 1.40. The Balaban J connectivity index is 2.34. The van der Waals surface area contributed by atoms with Gasteiger partial charge in [0.1, 0.15) is 6.73 Å². The number of esters is 1. The molecule has 0 N–H and O–H groups in total. The lowest BCUT2D eigenvalue weighted by molar-refractivity contribution is -0.141. The van der Waals surface area contributed by atoms with Gasteiger partial charge in [-0.25, -0.2) is 4.79 Å². The van der Waals surface area contributed by atoms with Gasteiger partial charge < -0.3 is 4.74 Å². The molecular weight excluding hydrogens is 198 g/mol. The molecule has 1 aromatic heterocycles. The Morgan fingerprint density at radius 1 is 1.64 bits per heavy atom. The van der Waals surface area contributed by atoms with Gasteiger partial charge >= 0.3 is 5.97 Å². The van der Waals surface area contributed by atoms with E-state index in [4.69, 9.17) is 4.74 Å². The van der Waals surface area contributed by atoms with Crippen LogP contribution in [0.4, 0.5) is 0 Å². The minimum atomic E-state index is -0.313. The summed E-state index contributed by atoms with van der Waals surface area (Å²) in [5.74, 6) is -0.313. The van der Waals surface area contributed by atoms with Gasteiger partial charge in [0, 0.05) is 11.0 Å². The van der Waals surface area contributed by atoms with Gasteiger partial charge in [-0.1, -0.05) is 6.07 Å². The van der Waals surface area contributed by atoms with E-state index in [0.29, 0.717) is 6.73 Å². The first kappa shape index (κ1) is 10.9. The van der Waals surface area contributed by atoms with Gasteiger partial charge in [0.25, 0.3) is 0 Å². The summed E-state index contributed by atoms with van der Waals surface area (Å²) in [5.41, 5.74) is 0. The quantitative estimate of drug-likeness (QED) is 0.432. The van der Waals surface area contributed by atoms with Crippen LogP contribution in [0.2, 0.25) is 0 Å². The van der Waals surface area contributed by atoms with Crippen LogP contribution in [-0.2, 0) is 9.53 Å². The fourth-order valence-electron chi connectivity index (χ4n) is 0.777. The second kappa shape index (κ2) is 5.57. The summed E-state index contributed by atoms with van der Waals surface area (Å²) in [5, 5.41) is 1.96. The van der Waals surface area contributed by atoms with Crippen LogP contribution in [0.5, 0.6) is 0 Å². The van der Waals surface area contributed by atoms with Crippen LogP contribution < -0.4 is 0 Å². The van der Waals surface area contributed by atoms with Gasteiger partial charge in [-0.05, 0) is 31.6 Å². The number of hydrogen-bond donors (Lipinski definition) is 0. The molecule has 0 bridgehead atoms. The molecule has 76 valence electrons. The Hall–Kier alpha value is -1.13. The van der Waals surface area contributed by atoms with Crippen LogP contribution >= 0.6 is 11.3 Å². The van der Waals surface area contributed by atoms with Crippen molar-refractivity contribution >= 4 is 23.4 Å². The Bertz CT molecular complexity index is 304. The number of hydrogen-bond acceptors (Lipinski definition) is 4. The zero-order chi connectivity index (χ0) is 10.4. The molecule has 1 heterocycles. The maximum atomic E-state index is 11.1. The number of nitrogens with zero attached hydrogens (tertiary/aromatic N) is 1. The first-order chi connectivity index (χ1) is 6.68. The van der Waals surface area contributed by atoms with Gasteiger partial charge in [0.15, 0.2) is 0 Å². The van der Waals surface area contributed by atoms with E-state index in [1.165, 1.54) is 6.08 Å². The predicted octanol–water partition coefficient (Wildman–Crippen LogP) is 1.82. The third kappa shape index (κ3) is 4.20. The van der Waals surface area contributed by atoms with E-state index in [-0.39, 0.29) is 5.97 Å². The highest BCUT2D eigenvalue weighted by Crippen LogP contribution is 2.09. The van der Waals surface area contributed by atoms with Crippen molar-refractivity contribution in [3.63, 3.8) is 0 Å². The minimum absolute atomic E-state index is 0.313. The lowest BCUT2D eigenvalue weighted by Crippen LogP contribution is -2.18. The molecule has 0 aliphatic heterocycles. The highest BCUT2D eigenvalue weighted by Gasteiger charge is 1.97. The fraction of sp³-hybridized carbons (Fsp3) is 0.300. The average molecular weight is 211 g/mol. The van der Waals surface area contributed by atoms with Crippen molar-refractivity contribution in [1.82, 2.24) is 4.90 Å². The zero-order valence-corrected chi connectivity index (χ0v) is 9.08. The van der Waals surface area contributed by atoms with Crippen LogP contribution in [0.3, 0.4) is 0 Å². The summed E-state index contributed by atoms with van der Waals surface area (Å²) in [4.78, 5) is 13.9. The van der Waals surface area contributed by atoms with E-state index in [9.17, 15) is 4.79 Å². The zero-order valence-electron chi connectivity index (χ0n) is 8.27. The molecule has 3 nitrogen and oxygen atoms in total. The molecule has 0 aromatic carbocycles. The molecule has 0 aliphatic rings. The molecule has 1 rings (SSSR count). The first-order valence-electron chi connectivity index (χ1n) is 4.21. The van der Waals surface area contributed by atoms with Crippen molar-refractivity contribution in [2.45, 2.75) is 0 Å². The second-order valence-electron chi connectivity index (χ2n) is 3.02. The number of ether oxygens (including phenoxy) is 1. The van der Waals surface area contributed by atoms with Crippen LogP contribution in [-0.4, -0.2) is 31.7 Å². The number of carbonyl (C=O) groups excluding carboxylic acids is 1. The molecule has 0 saturated carbocycles. The molecule has 4 heteroatoms. The molecular formula is C10H13NO2S. The van der Waals surface area contributed by atoms with E-state index in [1.807, 2.05) is 31.6 Å². The predicted molar refractivity (Wildman–Crippen MR) is 58.0 cm³/mol.